The van der Waals surface area contributed by atoms with Crippen molar-refractivity contribution in [2.24, 2.45) is 7.05 Å². The maximum atomic E-state index is 11.4. The Balaban J connectivity index is 1.95. The minimum atomic E-state index is -0.567. The van der Waals surface area contributed by atoms with Crippen molar-refractivity contribution in [2.45, 2.75) is 26.0 Å². The van der Waals surface area contributed by atoms with Gasteiger partial charge in [-0.1, -0.05) is 5.21 Å². The molecule has 0 radical (unpaired) electrons. The second-order valence-electron chi connectivity index (χ2n) is 5.63. The number of ether oxygens (including phenoxy) is 1. The van der Waals surface area contributed by atoms with Gasteiger partial charge in [0.15, 0.2) is 0 Å². The van der Waals surface area contributed by atoms with Crippen molar-refractivity contribution in [3.63, 3.8) is 0 Å². The number of anilines is 1. The largest absolute Gasteiger partial charge is 0.368 e. The molecule has 0 unspecified atom stereocenters. The lowest BCUT2D eigenvalue weighted by Crippen LogP contribution is -2.62. The van der Waals surface area contributed by atoms with Gasteiger partial charge in [-0.05, 0) is 13.8 Å². The number of hydrogen-bond donors (Lipinski definition) is 0. The molecule has 0 N–H and O–H groups in total. The SMILES string of the molecule is CCn1nc(C)c([N+](=O)[O-])c1N1CC(OC)(c2cnnn2C)C1. The number of nitro groups is 1. The van der Waals surface area contributed by atoms with Crippen LogP contribution in [0, 0.1) is 17.0 Å². The van der Waals surface area contributed by atoms with Gasteiger partial charge in [0.1, 0.15) is 11.3 Å². The summed E-state index contributed by atoms with van der Waals surface area (Å²) in [4.78, 5) is 12.9. The number of rotatable bonds is 5. The summed E-state index contributed by atoms with van der Waals surface area (Å²) in [6.07, 6.45) is 1.66. The van der Waals surface area contributed by atoms with Gasteiger partial charge in [0.05, 0.1) is 29.9 Å². The molecule has 1 aliphatic heterocycles. The van der Waals surface area contributed by atoms with E-state index in [9.17, 15) is 10.1 Å². The minimum Gasteiger partial charge on any atom is -0.368 e. The zero-order valence-corrected chi connectivity index (χ0v) is 13.6. The molecule has 124 valence electrons. The highest BCUT2D eigenvalue weighted by molar-refractivity contribution is 5.63. The van der Waals surface area contributed by atoms with E-state index in [2.05, 4.69) is 15.4 Å². The Hall–Kier alpha value is -2.49. The van der Waals surface area contributed by atoms with E-state index in [1.165, 1.54) is 0 Å². The smallest absolute Gasteiger partial charge is 0.333 e. The fraction of sp³-hybridized carbons (Fsp3) is 0.615. The summed E-state index contributed by atoms with van der Waals surface area (Å²) in [7, 11) is 3.43. The van der Waals surface area contributed by atoms with Crippen LogP contribution in [0.4, 0.5) is 11.5 Å². The molecule has 1 aliphatic rings. The first kappa shape index (κ1) is 15.4. The third-order valence-corrected chi connectivity index (χ3v) is 4.32. The van der Waals surface area contributed by atoms with Gasteiger partial charge in [-0.15, -0.1) is 5.10 Å². The lowest BCUT2D eigenvalue weighted by Gasteiger charge is -2.49. The highest BCUT2D eigenvalue weighted by atomic mass is 16.6. The van der Waals surface area contributed by atoms with Gasteiger partial charge < -0.3 is 9.64 Å². The minimum absolute atomic E-state index is 0.0553. The maximum absolute atomic E-state index is 11.4. The lowest BCUT2D eigenvalue weighted by molar-refractivity contribution is -0.384. The van der Waals surface area contributed by atoms with Crippen LogP contribution in [0.3, 0.4) is 0 Å². The van der Waals surface area contributed by atoms with Gasteiger partial charge in [-0.25, -0.2) is 9.36 Å². The predicted octanol–water partition coefficient (Wildman–Crippen LogP) is 0.610. The summed E-state index contributed by atoms with van der Waals surface area (Å²) in [5, 5.41) is 23.5. The van der Waals surface area contributed by atoms with Crippen molar-refractivity contribution in [1.29, 1.82) is 0 Å². The van der Waals surface area contributed by atoms with Crippen molar-refractivity contribution in [2.75, 3.05) is 25.1 Å². The van der Waals surface area contributed by atoms with E-state index >= 15 is 0 Å². The fourth-order valence-corrected chi connectivity index (χ4v) is 3.13. The first-order valence-electron chi connectivity index (χ1n) is 7.30. The van der Waals surface area contributed by atoms with Crippen molar-refractivity contribution < 1.29 is 9.66 Å². The molecule has 0 amide bonds. The van der Waals surface area contributed by atoms with Crippen LogP contribution < -0.4 is 4.90 Å². The monoisotopic (exact) mass is 321 g/mol. The zero-order chi connectivity index (χ0) is 16.8. The van der Waals surface area contributed by atoms with E-state index < -0.39 is 5.60 Å². The van der Waals surface area contributed by atoms with Crippen molar-refractivity contribution >= 4 is 11.5 Å². The highest BCUT2D eigenvalue weighted by Gasteiger charge is 2.50. The first-order chi connectivity index (χ1) is 10.9. The van der Waals surface area contributed by atoms with E-state index in [4.69, 9.17) is 4.74 Å². The Morgan fingerprint density at radius 1 is 1.48 bits per heavy atom. The molecular weight excluding hydrogens is 302 g/mol. The molecular formula is C13H19N7O3. The Morgan fingerprint density at radius 3 is 2.65 bits per heavy atom. The molecule has 3 heterocycles. The molecule has 0 bridgehead atoms. The molecule has 3 rings (SSSR count). The van der Waals surface area contributed by atoms with Gasteiger partial charge in [-0.3, -0.25) is 10.1 Å². The summed E-state index contributed by atoms with van der Waals surface area (Å²) in [5.41, 5.74) is 0.755. The van der Waals surface area contributed by atoms with Gasteiger partial charge in [0.2, 0.25) is 5.82 Å². The van der Waals surface area contributed by atoms with Gasteiger partial charge in [-0.2, -0.15) is 5.10 Å². The average Bonchev–Trinajstić information content (AvgIpc) is 3.03. The predicted molar refractivity (Wildman–Crippen MR) is 81.2 cm³/mol. The maximum Gasteiger partial charge on any atom is 0.333 e. The third-order valence-electron chi connectivity index (χ3n) is 4.32. The van der Waals surface area contributed by atoms with Gasteiger partial charge in [0.25, 0.3) is 0 Å². The number of hydrogen-bond acceptors (Lipinski definition) is 7. The number of nitrogens with zero attached hydrogens (tertiary/aromatic N) is 7. The van der Waals surface area contributed by atoms with Crippen LogP contribution in [0.1, 0.15) is 18.3 Å². The van der Waals surface area contributed by atoms with Crippen LogP contribution in [0.25, 0.3) is 0 Å². The van der Waals surface area contributed by atoms with E-state index in [1.54, 1.807) is 36.6 Å². The van der Waals surface area contributed by atoms with E-state index in [-0.39, 0.29) is 10.6 Å². The molecule has 2 aromatic heterocycles. The fourth-order valence-electron chi connectivity index (χ4n) is 3.13. The topological polar surface area (TPSA) is 104 Å². The molecule has 0 spiro atoms. The van der Waals surface area contributed by atoms with E-state index in [1.807, 2.05) is 11.8 Å². The summed E-state index contributed by atoms with van der Waals surface area (Å²) in [5.74, 6) is 0.526. The third kappa shape index (κ3) is 2.17. The first-order valence-corrected chi connectivity index (χ1v) is 7.30. The van der Waals surface area contributed by atoms with Gasteiger partial charge >= 0.3 is 5.69 Å². The summed E-state index contributed by atoms with van der Waals surface area (Å²) in [6, 6.07) is 0. The second kappa shape index (κ2) is 5.30. The Kier molecular flexibility index (Phi) is 3.55. The number of aromatic nitrogens is 5. The molecule has 0 saturated carbocycles. The molecule has 10 nitrogen and oxygen atoms in total. The summed E-state index contributed by atoms with van der Waals surface area (Å²) >= 11 is 0. The zero-order valence-electron chi connectivity index (χ0n) is 13.6. The van der Waals surface area contributed by atoms with Gasteiger partial charge in [0, 0.05) is 20.7 Å². The molecule has 0 aromatic carbocycles. The molecule has 10 heteroatoms. The Labute approximate surface area is 132 Å². The van der Waals surface area contributed by atoms with Crippen molar-refractivity contribution in [3.8, 4) is 0 Å². The molecule has 23 heavy (non-hydrogen) atoms. The lowest BCUT2D eigenvalue weighted by atomic mass is 9.90. The van der Waals surface area contributed by atoms with Crippen LogP contribution >= 0.6 is 0 Å². The van der Waals surface area contributed by atoms with Crippen LogP contribution in [0.15, 0.2) is 6.20 Å². The molecule has 1 saturated heterocycles. The Morgan fingerprint density at radius 2 is 2.17 bits per heavy atom. The molecule has 1 fully saturated rings. The van der Waals surface area contributed by atoms with E-state index in [0.29, 0.717) is 31.1 Å². The normalized spacial score (nSPS) is 16.4. The highest BCUT2D eigenvalue weighted by Crippen LogP contribution is 2.42. The second-order valence-corrected chi connectivity index (χ2v) is 5.63. The summed E-state index contributed by atoms with van der Waals surface area (Å²) < 4.78 is 9.01. The molecule has 0 aliphatic carbocycles. The number of aryl methyl sites for hydroxylation is 3. The quantitative estimate of drug-likeness (QED) is 0.587. The Bertz CT molecular complexity index is 745. The average molecular weight is 321 g/mol. The standard InChI is InChI=1S/C13H19N7O3/c1-5-19-12(11(20(21)22)9(2)15-19)18-7-13(8-18,23-4)10-6-14-16-17(10)3/h6H,5,7-8H2,1-4H3. The summed E-state index contributed by atoms with van der Waals surface area (Å²) in [6.45, 7) is 5.09. The molecule has 2 aromatic rings. The van der Waals surface area contributed by atoms with E-state index in [0.717, 1.165) is 5.69 Å². The van der Waals surface area contributed by atoms with Crippen LogP contribution in [0.2, 0.25) is 0 Å². The van der Waals surface area contributed by atoms with Crippen molar-refractivity contribution in [3.05, 3.63) is 27.7 Å². The molecule has 0 atom stereocenters. The number of methoxy groups -OCH3 is 1. The van der Waals surface area contributed by atoms with Crippen LogP contribution in [-0.4, -0.2) is 49.9 Å². The van der Waals surface area contributed by atoms with Crippen molar-refractivity contribution in [1.82, 2.24) is 24.8 Å². The van der Waals surface area contributed by atoms with Crippen LogP contribution in [-0.2, 0) is 23.9 Å². The van der Waals surface area contributed by atoms with Crippen LogP contribution in [0.5, 0.6) is 0 Å².